The number of carbonyl (C=O) groups excluding carboxylic acids is 1. The number of Topliss-reactive ketones (excluding diaryl/α,β-unsaturated/α-hetero) is 1. The second-order valence-electron chi connectivity index (χ2n) is 6.47. The number of nitrogen functional groups attached to an aromatic ring is 1. The molecule has 2 aromatic rings. The molecule has 0 saturated carbocycles. The molecule has 2 aromatic carbocycles. The molecule has 0 saturated heterocycles. The molecule has 0 atom stereocenters. The highest BCUT2D eigenvalue weighted by Gasteiger charge is 2.06. The molecule has 0 aliphatic rings. The van der Waals surface area contributed by atoms with Crippen LogP contribution in [0.1, 0.15) is 17.5 Å². The van der Waals surface area contributed by atoms with E-state index in [9.17, 15) is 4.79 Å². The Balaban J connectivity index is 2.00. The van der Waals surface area contributed by atoms with Crippen LogP contribution in [0.2, 0.25) is 0 Å². The maximum Gasteiger partial charge on any atom is 0.181 e. The number of ketones is 1. The summed E-state index contributed by atoms with van der Waals surface area (Å²) < 4.78 is 5.35. The minimum atomic E-state index is -0.0379. The van der Waals surface area contributed by atoms with Gasteiger partial charge in [0.15, 0.2) is 5.78 Å². The van der Waals surface area contributed by atoms with Crippen LogP contribution in [0.4, 0.5) is 11.4 Å². The highest BCUT2D eigenvalue weighted by atomic mass is 16.5. The van der Waals surface area contributed by atoms with Gasteiger partial charge in [-0.3, -0.25) is 4.79 Å². The van der Waals surface area contributed by atoms with E-state index in [1.165, 1.54) is 0 Å². The van der Waals surface area contributed by atoms with Crippen molar-refractivity contribution >= 4 is 29.3 Å². The summed E-state index contributed by atoms with van der Waals surface area (Å²) in [4.78, 5) is 12.3. The van der Waals surface area contributed by atoms with Gasteiger partial charge >= 0.3 is 0 Å². The number of hydrogen-bond acceptors (Lipinski definition) is 4. The Morgan fingerprint density at radius 1 is 1.10 bits per heavy atom. The Labute approximate surface area is 178 Å². The Hall–Kier alpha value is -3.79. The highest BCUT2D eigenvalue weighted by Crippen LogP contribution is 2.23. The zero-order chi connectivity index (χ0) is 21.8. The van der Waals surface area contributed by atoms with Gasteiger partial charge in [0.1, 0.15) is 5.75 Å². The summed E-state index contributed by atoms with van der Waals surface area (Å²) in [5.74, 6) is 0.711. The van der Waals surface area contributed by atoms with E-state index in [2.05, 4.69) is 30.6 Å². The van der Waals surface area contributed by atoms with Crippen LogP contribution in [0.15, 0.2) is 91.6 Å². The van der Waals surface area contributed by atoms with Gasteiger partial charge in [0.2, 0.25) is 0 Å². The Kier molecular flexibility index (Phi) is 8.94. The van der Waals surface area contributed by atoms with Gasteiger partial charge in [-0.2, -0.15) is 0 Å². The number of allylic oxidation sites excluding steroid dienone is 5. The van der Waals surface area contributed by atoms with E-state index in [0.29, 0.717) is 11.3 Å². The molecule has 0 bridgehead atoms. The van der Waals surface area contributed by atoms with Crippen LogP contribution in [0.3, 0.4) is 0 Å². The van der Waals surface area contributed by atoms with Crippen molar-refractivity contribution in [1.29, 1.82) is 0 Å². The van der Waals surface area contributed by atoms with Crippen LogP contribution in [0.5, 0.6) is 5.75 Å². The number of nitrogens with one attached hydrogen (secondary N) is 1. The third kappa shape index (κ3) is 6.67. The summed E-state index contributed by atoms with van der Waals surface area (Å²) in [6.45, 7) is 7.48. The topological polar surface area (TPSA) is 64.4 Å². The van der Waals surface area contributed by atoms with Crippen molar-refractivity contribution in [1.82, 2.24) is 0 Å². The number of carbonyl (C=O) groups is 1. The lowest BCUT2D eigenvalue weighted by atomic mass is 10.1. The van der Waals surface area contributed by atoms with E-state index >= 15 is 0 Å². The molecule has 0 unspecified atom stereocenters. The maximum atomic E-state index is 12.3. The van der Waals surface area contributed by atoms with E-state index in [1.54, 1.807) is 31.4 Å². The van der Waals surface area contributed by atoms with Crippen LogP contribution in [0, 0.1) is 0 Å². The molecule has 2 rings (SSSR count). The monoisotopic (exact) mass is 400 g/mol. The number of para-hydroxylation sites is 1. The molecular weight excluding hydrogens is 372 g/mol. The van der Waals surface area contributed by atoms with Crippen LogP contribution in [-0.4, -0.2) is 19.4 Å². The molecule has 4 heteroatoms. The van der Waals surface area contributed by atoms with E-state index in [-0.39, 0.29) is 12.3 Å². The molecule has 0 aromatic heterocycles. The lowest BCUT2D eigenvalue weighted by molar-refractivity contribution is -0.113. The fourth-order valence-corrected chi connectivity index (χ4v) is 2.82. The average molecular weight is 401 g/mol. The van der Waals surface area contributed by atoms with Crippen molar-refractivity contribution in [2.24, 2.45) is 0 Å². The molecule has 3 N–H and O–H groups in total. The van der Waals surface area contributed by atoms with Gasteiger partial charge in [-0.15, -0.1) is 0 Å². The zero-order valence-electron chi connectivity index (χ0n) is 17.3. The first kappa shape index (κ1) is 22.5. The van der Waals surface area contributed by atoms with E-state index in [4.69, 9.17) is 10.5 Å². The van der Waals surface area contributed by atoms with Gasteiger partial charge in [0.25, 0.3) is 0 Å². The Bertz CT molecular complexity index is 984. The van der Waals surface area contributed by atoms with Crippen molar-refractivity contribution < 1.29 is 9.53 Å². The molecule has 4 nitrogen and oxygen atoms in total. The number of benzene rings is 2. The molecule has 0 heterocycles. The maximum absolute atomic E-state index is 12.3. The van der Waals surface area contributed by atoms with Crippen molar-refractivity contribution in [3.63, 3.8) is 0 Å². The summed E-state index contributed by atoms with van der Waals surface area (Å²) in [6, 6.07) is 13.4. The molecule has 154 valence electrons. The summed E-state index contributed by atoms with van der Waals surface area (Å²) >= 11 is 0. The van der Waals surface area contributed by atoms with Crippen molar-refractivity contribution in [3.8, 4) is 5.75 Å². The summed E-state index contributed by atoms with van der Waals surface area (Å²) in [7, 11) is 1.63. The predicted octanol–water partition coefficient (Wildman–Crippen LogP) is 5.67. The van der Waals surface area contributed by atoms with Crippen LogP contribution in [-0.2, 0) is 4.79 Å². The van der Waals surface area contributed by atoms with Crippen molar-refractivity contribution in [2.45, 2.75) is 6.42 Å². The first-order valence-corrected chi connectivity index (χ1v) is 9.67. The quantitative estimate of drug-likeness (QED) is 0.290. The normalized spacial score (nSPS) is 11.6. The lowest BCUT2D eigenvalue weighted by Gasteiger charge is -2.09. The molecule has 30 heavy (non-hydrogen) atoms. The SMILES string of the molecule is C=C/C=C(\C=C)C(=O)CNc1ccccc1/C=C\C/C=C/c1ccc(N)cc1OC. The fourth-order valence-electron chi connectivity index (χ4n) is 2.82. The standard InChI is InChI=1S/C26H28N2O2/c1-4-11-20(5-2)25(29)19-28-24-15-10-9-13-21(24)12-7-6-8-14-22-16-17-23(27)18-26(22)30-3/h4-5,7-18,28H,1-2,6,19,27H2,3H3/b12-7-,14-8+,20-11+. The molecular formula is C26H28N2O2. The summed E-state index contributed by atoms with van der Waals surface area (Å²) in [6.07, 6.45) is 13.7. The molecule has 0 spiro atoms. The van der Waals surface area contributed by atoms with Crippen molar-refractivity contribution in [2.75, 3.05) is 24.7 Å². The fraction of sp³-hybridized carbons (Fsp3) is 0.115. The Morgan fingerprint density at radius 3 is 2.53 bits per heavy atom. The molecule has 0 aliphatic carbocycles. The van der Waals surface area contributed by atoms with E-state index in [0.717, 1.165) is 29.0 Å². The number of methoxy groups -OCH3 is 1. The average Bonchev–Trinajstić information content (AvgIpc) is 2.77. The van der Waals surface area contributed by atoms with Gasteiger partial charge in [-0.25, -0.2) is 0 Å². The summed E-state index contributed by atoms with van der Waals surface area (Å²) in [5.41, 5.74) is 9.88. The minimum Gasteiger partial charge on any atom is -0.496 e. The second-order valence-corrected chi connectivity index (χ2v) is 6.47. The van der Waals surface area contributed by atoms with Gasteiger partial charge < -0.3 is 15.8 Å². The van der Waals surface area contributed by atoms with Gasteiger partial charge in [-0.1, -0.05) is 73.9 Å². The number of nitrogens with two attached hydrogens (primary N) is 1. The van der Waals surface area contributed by atoms with Gasteiger partial charge in [0.05, 0.1) is 13.7 Å². The molecule has 0 aliphatic heterocycles. The first-order valence-electron chi connectivity index (χ1n) is 9.67. The van der Waals surface area contributed by atoms with E-state index < -0.39 is 0 Å². The number of anilines is 2. The zero-order valence-corrected chi connectivity index (χ0v) is 17.3. The number of rotatable bonds is 11. The van der Waals surface area contributed by atoms with Crippen LogP contribution in [0.25, 0.3) is 12.2 Å². The van der Waals surface area contributed by atoms with Gasteiger partial charge in [0, 0.05) is 28.6 Å². The van der Waals surface area contributed by atoms with Crippen LogP contribution >= 0.6 is 0 Å². The number of ether oxygens (including phenoxy) is 1. The molecule has 0 radical (unpaired) electrons. The highest BCUT2D eigenvalue weighted by molar-refractivity contribution is 6.01. The smallest absolute Gasteiger partial charge is 0.181 e. The second kappa shape index (κ2) is 11.9. The minimum absolute atomic E-state index is 0.0379. The molecule has 0 amide bonds. The predicted molar refractivity (Wildman–Crippen MR) is 129 cm³/mol. The summed E-state index contributed by atoms with van der Waals surface area (Å²) in [5, 5.41) is 3.20. The largest absolute Gasteiger partial charge is 0.496 e. The lowest BCUT2D eigenvalue weighted by Crippen LogP contribution is -2.15. The van der Waals surface area contributed by atoms with Gasteiger partial charge in [-0.05, 0) is 30.2 Å². The van der Waals surface area contributed by atoms with Crippen molar-refractivity contribution in [3.05, 3.63) is 103 Å². The molecule has 0 fully saturated rings. The Morgan fingerprint density at radius 2 is 1.83 bits per heavy atom. The van der Waals surface area contributed by atoms with E-state index in [1.807, 2.05) is 48.6 Å². The van der Waals surface area contributed by atoms with Crippen LogP contribution < -0.4 is 15.8 Å². The first-order chi connectivity index (χ1) is 14.6. The third-order valence-electron chi connectivity index (χ3n) is 4.36. The third-order valence-corrected chi connectivity index (χ3v) is 4.36. The number of hydrogen-bond donors (Lipinski definition) is 2.